The number of hydrogen-bond acceptors (Lipinski definition) is 3. The maximum absolute atomic E-state index is 12.9. The molecule has 2 rings (SSSR count). The van der Waals surface area contributed by atoms with Crippen molar-refractivity contribution in [3.8, 4) is 0 Å². The van der Waals surface area contributed by atoms with Crippen LogP contribution in [0.1, 0.15) is 24.5 Å². The summed E-state index contributed by atoms with van der Waals surface area (Å²) < 4.78 is 38.6. The topological polar surface area (TPSA) is 69.6 Å². The maximum atomic E-state index is 12.9. The second kappa shape index (κ2) is 6.80. The van der Waals surface area contributed by atoms with Gasteiger partial charge in [0, 0.05) is 24.7 Å². The number of amides is 2. The molecule has 1 aromatic rings. The average molecular weight is 344 g/mol. The Morgan fingerprint density at radius 1 is 1.38 bits per heavy atom. The van der Waals surface area contributed by atoms with E-state index in [2.05, 4.69) is 5.32 Å². The third-order valence-electron chi connectivity index (χ3n) is 4.28. The van der Waals surface area contributed by atoms with Gasteiger partial charge in [0.25, 0.3) is 0 Å². The number of alkyl halides is 3. The Morgan fingerprint density at radius 2 is 2.04 bits per heavy atom. The van der Waals surface area contributed by atoms with Crippen LogP contribution < -0.4 is 5.32 Å². The monoisotopic (exact) mass is 344 g/mol. The van der Waals surface area contributed by atoms with Crippen LogP contribution in [0.15, 0.2) is 18.2 Å². The Balaban J connectivity index is 2.09. The molecule has 0 radical (unpaired) electrons. The van der Waals surface area contributed by atoms with Gasteiger partial charge in [-0.2, -0.15) is 13.2 Å². The molecule has 1 aliphatic heterocycles. The van der Waals surface area contributed by atoms with Gasteiger partial charge in [0.1, 0.15) is 0 Å². The molecule has 24 heavy (non-hydrogen) atoms. The zero-order valence-corrected chi connectivity index (χ0v) is 13.4. The number of rotatable bonds is 2. The summed E-state index contributed by atoms with van der Waals surface area (Å²) in [7, 11) is 0. The number of nitrogens with zero attached hydrogens (tertiary/aromatic N) is 1. The quantitative estimate of drug-likeness (QED) is 0.808. The minimum Gasteiger partial charge on any atom is -0.393 e. The maximum Gasteiger partial charge on any atom is 0.416 e. The van der Waals surface area contributed by atoms with Crippen LogP contribution in [0.5, 0.6) is 0 Å². The first-order chi connectivity index (χ1) is 11.1. The highest BCUT2D eigenvalue weighted by molar-refractivity contribution is 6.39. The number of aliphatic hydroxyl groups is 1. The molecule has 2 N–H and O–H groups in total. The molecular weight excluding hydrogens is 325 g/mol. The number of halogens is 3. The van der Waals surface area contributed by atoms with Crippen molar-refractivity contribution in [3.05, 3.63) is 29.3 Å². The molecule has 0 saturated carbocycles. The number of anilines is 1. The summed E-state index contributed by atoms with van der Waals surface area (Å²) in [5.41, 5.74) is -1.05. The number of likely N-dealkylation sites (tertiary alicyclic amines) is 1. The lowest BCUT2D eigenvalue weighted by Gasteiger charge is -2.18. The zero-order chi connectivity index (χ0) is 18.1. The first-order valence-corrected chi connectivity index (χ1v) is 7.56. The highest BCUT2D eigenvalue weighted by atomic mass is 19.4. The van der Waals surface area contributed by atoms with Crippen LogP contribution in [0.3, 0.4) is 0 Å². The lowest BCUT2D eigenvalue weighted by Crippen LogP contribution is -2.39. The molecule has 2 unspecified atom stereocenters. The van der Waals surface area contributed by atoms with Crippen molar-refractivity contribution >= 4 is 17.5 Å². The largest absolute Gasteiger partial charge is 0.416 e. The van der Waals surface area contributed by atoms with Gasteiger partial charge in [-0.3, -0.25) is 9.59 Å². The van der Waals surface area contributed by atoms with Crippen molar-refractivity contribution in [2.75, 3.05) is 18.4 Å². The van der Waals surface area contributed by atoms with Crippen molar-refractivity contribution < 1.29 is 27.9 Å². The molecule has 1 heterocycles. The number of hydrogen-bond donors (Lipinski definition) is 2. The van der Waals surface area contributed by atoms with Gasteiger partial charge in [-0.1, -0.05) is 6.07 Å². The summed E-state index contributed by atoms with van der Waals surface area (Å²) in [4.78, 5) is 25.5. The van der Waals surface area contributed by atoms with Gasteiger partial charge < -0.3 is 15.3 Å². The van der Waals surface area contributed by atoms with E-state index in [9.17, 15) is 27.9 Å². The number of aliphatic hydroxyl groups excluding tert-OH is 1. The van der Waals surface area contributed by atoms with Crippen molar-refractivity contribution in [1.29, 1.82) is 0 Å². The zero-order valence-electron chi connectivity index (χ0n) is 13.4. The first-order valence-electron chi connectivity index (χ1n) is 7.56. The Kier molecular flexibility index (Phi) is 5.17. The summed E-state index contributed by atoms with van der Waals surface area (Å²) in [6, 6.07) is 3.41. The second-order valence-electron chi connectivity index (χ2n) is 5.97. The van der Waals surface area contributed by atoms with Gasteiger partial charge in [0.15, 0.2) is 0 Å². The molecule has 1 aromatic carbocycles. The van der Waals surface area contributed by atoms with E-state index in [-0.39, 0.29) is 23.7 Å². The summed E-state index contributed by atoms with van der Waals surface area (Å²) >= 11 is 0. The van der Waals surface area contributed by atoms with E-state index in [1.54, 1.807) is 6.92 Å². The highest BCUT2D eigenvalue weighted by Gasteiger charge is 2.34. The Hall–Kier alpha value is -2.09. The lowest BCUT2D eigenvalue weighted by atomic mass is 10.0. The van der Waals surface area contributed by atoms with E-state index in [0.29, 0.717) is 13.0 Å². The molecule has 0 spiro atoms. The van der Waals surface area contributed by atoms with E-state index in [4.69, 9.17) is 0 Å². The van der Waals surface area contributed by atoms with Crippen LogP contribution in [0, 0.1) is 12.8 Å². The van der Waals surface area contributed by atoms with Gasteiger partial charge in [-0.15, -0.1) is 0 Å². The molecule has 0 aromatic heterocycles. The smallest absolute Gasteiger partial charge is 0.393 e. The van der Waals surface area contributed by atoms with Gasteiger partial charge in [0.2, 0.25) is 0 Å². The van der Waals surface area contributed by atoms with Crippen LogP contribution in [-0.2, 0) is 15.8 Å². The number of carbonyl (C=O) groups excluding carboxylic acids is 2. The van der Waals surface area contributed by atoms with Crippen LogP contribution >= 0.6 is 0 Å². The number of nitrogens with one attached hydrogen (secondary N) is 1. The Labute approximate surface area is 137 Å². The minimum atomic E-state index is -4.53. The number of carbonyl (C=O) groups is 2. The van der Waals surface area contributed by atoms with Crippen LogP contribution in [0.2, 0.25) is 0 Å². The fourth-order valence-electron chi connectivity index (χ4n) is 2.76. The van der Waals surface area contributed by atoms with E-state index >= 15 is 0 Å². The molecule has 8 heteroatoms. The lowest BCUT2D eigenvalue weighted by molar-refractivity contribution is -0.142. The Morgan fingerprint density at radius 3 is 2.58 bits per heavy atom. The van der Waals surface area contributed by atoms with Crippen molar-refractivity contribution in [3.63, 3.8) is 0 Å². The second-order valence-corrected chi connectivity index (χ2v) is 5.97. The number of benzene rings is 1. The van der Waals surface area contributed by atoms with Gasteiger partial charge in [0.05, 0.1) is 11.7 Å². The summed E-state index contributed by atoms with van der Waals surface area (Å²) in [6.45, 7) is 3.45. The van der Waals surface area contributed by atoms with Gasteiger partial charge >= 0.3 is 18.0 Å². The van der Waals surface area contributed by atoms with Gasteiger partial charge in [-0.05, 0) is 38.0 Å². The van der Waals surface area contributed by atoms with Crippen molar-refractivity contribution in [2.24, 2.45) is 5.92 Å². The first kappa shape index (κ1) is 18.3. The van der Waals surface area contributed by atoms with E-state index < -0.39 is 29.7 Å². The fraction of sp³-hybridized carbons (Fsp3) is 0.500. The fourth-order valence-corrected chi connectivity index (χ4v) is 2.76. The highest BCUT2D eigenvalue weighted by Crippen LogP contribution is 2.34. The summed E-state index contributed by atoms with van der Waals surface area (Å²) in [6.07, 6.45) is -4.54. The Bertz CT molecular complexity index is 644. The van der Waals surface area contributed by atoms with Gasteiger partial charge in [-0.25, -0.2) is 0 Å². The molecule has 1 fully saturated rings. The molecule has 0 aliphatic carbocycles. The van der Waals surface area contributed by atoms with Crippen LogP contribution in [0.25, 0.3) is 0 Å². The van der Waals surface area contributed by atoms with Crippen molar-refractivity contribution in [1.82, 2.24) is 4.90 Å². The molecule has 0 bridgehead atoms. The molecular formula is C16H19F3N2O3. The standard InChI is InChI=1S/C16H19F3N2O3/c1-9-12(16(17,18)19)4-3-5-13(9)20-14(23)15(24)21-7-6-11(8-21)10(2)22/h3-5,10-11,22H,6-8H2,1-2H3,(H,20,23). The van der Waals surface area contributed by atoms with E-state index in [1.807, 2.05) is 0 Å². The van der Waals surface area contributed by atoms with E-state index in [0.717, 1.165) is 6.07 Å². The molecule has 2 amide bonds. The molecule has 132 valence electrons. The van der Waals surface area contributed by atoms with Crippen LogP contribution in [-0.4, -0.2) is 41.0 Å². The molecule has 5 nitrogen and oxygen atoms in total. The van der Waals surface area contributed by atoms with E-state index in [1.165, 1.54) is 24.0 Å². The average Bonchev–Trinajstić information content (AvgIpc) is 2.97. The molecule has 1 saturated heterocycles. The minimum absolute atomic E-state index is 0.0468. The summed E-state index contributed by atoms with van der Waals surface area (Å²) in [5, 5.41) is 11.8. The molecule has 1 aliphatic rings. The SMILES string of the molecule is Cc1c(NC(=O)C(=O)N2CCC(C(C)O)C2)cccc1C(F)(F)F. The molecule has 2 atom stereocenters. The van der Waals surface area contributed by atoms with Crippen LogP contribution in [0.4, 0.5) is 18.9 Å². The predicted octanol–water partition coefficient (Wildman–Crippen LogP) is 2.18. The normalized spacial score (nSPS) is 19.2. The predicted molar refractivity (Wildman–Crippen MR) is 81.2 cm³/mol. The summed E-state index contributed by atoms with van der Waals surface area (Å²) in [5.74, 6) is -1.89. The third kappa shape index (κ3) is 3.87. The third-order valence-corrected chi connectivity index (χ3v) is 4.28. The van der Waals surface area contributed by atoms with Crippen molar-refractivity contribution in [2.45, 2.75) is 32.5 Å².